The molecule has 3 nitrogen and oxygen atoms in total. The minimum absolute atomic E-state index is 0.157. The Bertz CT molecular complexity index is 148. The summed E-state index contributed by atoms with van der Waals surface area (Å²) in [4.78, 5) is 11.1. The fourth-order valence-corrected chi connectivity index (χ4v) is 1.18. The third-order valence-electron chi connectivity index (χ3n) is 2.17. The highest BCUT2D eigenvalue weighted by Crippen LogP contribution is 2.06. The minimum atomic E-state index is -0.418. The SMILES string of the molecule is CCCCCCCC(=O)OC(N)CC. The highest BCUT2D eigenvalue weighted by atomic mass is 16.6. The molecule has 0 amide bonds. The van der Waals surface area contributed by atoms with Gasteiger partial charge < -0.3 is 4.74 Å². The summed E-state index contributed by atoms with van der Waals surface area (Å²) in [7, 11) is 0. The van der Waals surface area contributed by atoms with Crippen molar-refractivity contribution in [1.29, 1.82) is 0 Å². The van der Waals surface area contributed by atoms with E-state index in [4.69, 9.17) is 10.5 Å². The third-order valence-corrected chi connectivity index (χ3v) is 2.17. The quantitative estimate of drug-likeness (QED) is 0.373. The lowest BCUT2D eigenvalue weighted by Crippen LogP contribution is -2.25. The fourth-order valence-electron chi connectivity index (χ4n) is 1.18. The summed E-state index contributed by atoms with van der Waals surface area (Å²) < 4.78 is 4.94. The second kappa shape index (κ2) is 9.00. The number of carbonyl (C=O) groups excluding carboxylic acids is 1. The smallest absolute Gasteiger partial charge is 0.307 e. The maximum absolute atomic E-state index is 11.1. The number of hydrogen-bond acceptors (Lipinski definition) is 3. The van der Waals surface area contributed by atoms with Gasteiger partial charge in [-0.3, -0.25) is 10.5 Å². The second-order valence-corrected chi connectivity index (χ2v) is 3.60. The van der Waals surface area contributed by atoms with E-state index in [1.807, 2.05) is 6.92 Å². The van der Waals surface area contributed by atoms with Crippen molar-refractivity contribution in [3.8, 4) is 0 Å². The summed E-state index contributed by atoms with van der Waals surface area (Å²) in [6.45, 7) is 4.08. The highest BCUT2D eigenvalue weighted by molar-refractivity contribution is 5.69. The molecule has 0 saturated carbocycles. The number of unbranched alkanes of at least 4 members (excludes halogenated alkanes) is 4. The number of rotatable bonds is 8. The van der Waals surface area contributed by atoms with Crippen molar-refractivity contribution in [3.05, 3.63) is 0 Å². The van der Waals surface area contributed by atoms with Gasteiger partial charge in [-0.25, -0.2) is 0 Å². The zero-order valence-corrected chi connectivity index (χ0v) is 9.42. The summed E-state index contributed by atoms with van der Waals surface area (Å²) in [5.74, 6) is -0.157. The van der Waals surface area contributed by atoms with Crippen molar-refractivity contribution >= 4 is 5.97 Å². The molecule has 0 aliphatic heterocycles. The number of hydrogen-bond donors (Lipinski definition) is 1. The molecule has 0 aromatic heterocycles. The molecule has 0 fully saturated rings. The van der Waals surface area contributed by atoms with Gasteiger partial charge in [0.25, 0.3) is 0 Å². The molecule has 3 heteroatoms. The predicted octanol–water partition coefficient (Wildman–Crippen LogP) is 2.58. The van der Waals surface area contributed by atoms with E-state index < -0.39 is 6.23 Å². The average Bonchev–Trinajstić information content (AvgIpc) is 2.17. The van der Waals surface area contributed by atoms with Crippen LogP contribution in [0.5, 0.6) is 0 Å². The van der Waals surface area contributed by atoms with Crippen LogP contribution in [-0.2, 0) is 9.53 Å². The Morgan fingerprint density at radius 3 is 2.43 bits per heavy atom. The van der Waals surface area contributed by atoms with Gasteiger partial charge in [0.1, 0.15) is 0 Å². The first kappa shape index (κ1) is 13.4. The van der Waals surface area contributed by atoms with Crippen LogP contribution >= 0.6 is 0 Å². The summed E-state index contributed by atoms with van der Waals surface area (Å²) in [6, 6.07) is 0. The molecule has 2 N–H and O–H groups in total. The van der Waals surface area contributed by atoms with Gasteiger partial charge >= 0.3 is 5.97 Å². The van der Waals surface area contributed by atoms with Gasteiger partial charge in [0.15, 0.2) is 6.23 Å². The van der Waals surface area contributed by atoms with E-state index in [-0.39, 0.29) is 5.97 Å². The number of ether oxygens (including phenoxy) is 1. The van der Waals surface area contributed by atoms with Crippen LogP contribution in [0.3, 0.4) is 0 Å². The maximum Gasteiger partial charge on any atom is 0.307 e. The van der Waals surface area contributed by atoms with Crippen molar-refractivity contribution in [2.45, 2.75) is 65.0 Å². The summed E-state index contributed by atoms with van der Waals surface area (Å²) in [5.41, 5.74) is 5.48. The molecule has 0 aliphatic carbocycles. The van der Waals surface area contributed by atoms with E-state index in [0.29, 0.717) is 12.8 Å². The van der Waals surface area contributed by atoms with Crippen LogP contribution in [0.1, 0.15) is 58.8 Å². The largest absolute Gasteiger partial charge is 0.447 e. The van der Waals surface area contributed by atoms with E-state index in [1.165, 1.54) is 19.3 Å². The fraction of sp³-hybridized carbons (Fsp3) is 0.909. The summed E-state index contributed by atoms with van der Waals surface area (Å²) in [5, 5.41) is 0. The van der Waals surface area contributed by atoms with Gasteiger partial charge in [0.05, 0.1) is 0 Å². The Labute approximate surface area is 87.0 Å². The van der Waals surface area contributed by atoms with Crippen LogP contribution < -0.4 is 5.73 Å². The molecule has 1 atom stereocenters. The van der Waals surface area contributed by atoms with Crippen LogP contribution in [0.4, 0.5) is 0 Å². The zero-order chi connectivity index (χ0) is 10.8. The van der Waals surface area contributed by atoms with Crippen LogP contribution in [-0.4, -0.2) is 12.2 Å². The van der Waals surface area contributed by atoms with Gasteiger partial charge in [-0.05, 0) is 12.8 Å². The lowest BCUT2D eigenvalue weighted by Gasteiger charge is -2.10. The van der Waals surface area contributed by atoms with E-state index in [9.17, 15) is 4.79 Å². The van der Waals surface area contributed by atoms with Crippen molar-refractivity contribution in [2.75, 3.05) is 0 Å². The monoisotopic (exact) mass is 201 g/mol. The van der Waals surface area contributed by atoms with Crippen molar-refractivity contribution in [3.63, 3.8) is 0 Å². The summed E-state index contributed by atoms with van der Waals surface area (Å²) >= 11 is 0. The normalized spacial score (nSPS) is 12.5. The van der Waals surface area contributed by atoms with Crippen molar-refractivity contribution in [2.24, 2.45) is 5.73 Å². The van der Waals surface area contributed by atoms with Crippen molar-refractivity contribution < 1.29 is 9.53 Å². The Kier molecular flexibility index (Phi) is 8.64. The standard InChI is InChI=1S/C11H23NO2/c1-3-5-6-7-8-9-11(13)14-10(12)4-2/h10H,3-9,12H2,1-2H3. The Balaban J connectivity index is 3.27. The van der Waals surface area contributed by atoms with Crippen LogP contribution in [0.15, 0.2) is 0 Å². The first-order valence-electron chi connectivity index (χ1n) is 5.65. The van der Waals surface area contributed by atoms with Crippen LogP contribution in [0.2, 0.25) is 0 Å². The van der Waals surface area contributed by atoms with Gasteiger partial charge in [0.2, 0.25) is 0 Å². The molecule has 0 spiro atoms. The topological polar surface area (TPSA) is 52.3 Å². The Morgan fingerprint density at radius 2 is 1.86 bits per heavy atom. The first-order chi connectivity index (χ1) is 6.70. The number of nitrogens with two attached hydrogens (primary N) is 1. The zero-order valence-electron chi connectivity index (χ0n) is 9.42. The van der Waals surface area contributed by atoms with E-state index in [0.717, 1.165) is 12.8 Å². The lowest BCUT2D eigenvalue weighted by molar-refractivity contribution is -0.149. The molecule has 0 heterocycles. The molecule has 0 aromatic carbocycles. The lowest BCUT2D eigenvalue weighted by atomic mass is 10.1. The molecular weight excluding hydrogens is 178 g/mol. The predicted molar refractivity (Wildman–Crippen MR) is 57.7 cm³/mol. The van der Waals surface area contributed by atoms with Crippen molar-refractivity contribution in [1.82, 2.24) is 0 Å². The molecule has 0 bridgehead atoms. The highest BCUT2D eigenvalue weighted by Gasteiger charge is 2.06. The molecular formula is C11H23NO2. The summed E-state index contributed by atoms with van der Waals surface area (Å²) in [6.07, 6.45) is 6.51. The van der Waals surface area contributed by atoms with Crippen LogP contribution in [0.25, 0.3) is 0 Å². The van der Waals surface area contributed by atoms with E-state index >= 15 is 0 Å². The molecule has 84 valence electrons. The van der Waals surface area contributed by atoms with Gasteiger partial charge in [-0.2, -0.15) is 0 Å². The second-order valence-electron chi connectivity index (χ2n) is 3.60. The molecule has 0 aromatic rings. The first-order valence-corrected chi connectivity index (χ1v) is 5.65. The van der Waals surface area contributed by atoms with Gasteiger partial charge in [-0.15, -0.1) is 0 Å². The molecule has 0 aliphatic rings. The molecule has 14 heavy (non-hydrogen) atoms. The third kappa shape index (κ3) is 8.05. The average molecular weight is 201 g/mol. The van der Waals surface area contributed by atoms with Gasteiger partial charge in [0, 0.05) is 6.42 Å². The van der Waals surface area contributed by atoms with Crippen LogP contribution in [0, 0.1) is 0 Å². The molecule has 0 saturated heterocycles. The number of carbonyl (C=O) groups is 1. The molecule has 0 rings (SSSR count). The van der Waals surface area contributed by atoms with E-state index in [1.54, 1.807) is 0 Å². The maximum atomic E-state index is 11.1. The molecule has 1 unspecified atom stereocenters. The number of esters is 1. The van der Waals surface area contributed by atoms with Gasteiger partial charge in [-0.1, -0.05) is 39.5 Å². The Morgan fingerprint density at radius 1 is 1.21 bits per heavy atom. The van der Waals surface area contributed by atoms with E-state index in [2.05, 4.69) is 6.92 Å². The Hall–Kier alpha value is -0.570. The minimum Gasteiger partial charge on any atom is -0.447 e. The molecule has 0 radical (unpaired) electrons.